The van der Waals surface area contributed by atoms with E-state index < -0.39 is 6.09 Å². The summed E-state index contributed by atoms with van der Waals surface area (Å²) in [5.74, 6) is 7.01. The van der Waals surface area contributed by atoms with Crippen molar-refractivity contribution in [3.05, 3.63) is 65.7 Å². The van der Waals surface area contributed by atoms with Crippen LogP contribution in [0.25, 0.3) is 6.08 Å². The van der Waals surface area contributed by atoms with Crippen LogP contribution in [0, 0.1) is 11.8 Å². The van der Waals surface area contributed by atoms with E-state index >= 15 is 0 Å². The summed E-state index contributed by atoms with van der Waals surface area (Å²) in [6.45, 7) is 2.10. The fraction of sp³-hybridized carbons (Fsp3) is 0.190. The summed E-state index contributed by atoms with van der Waals surface area (Å²) < 4.78 is 10.5. The van der Waals surface area contributed by atoms with E-state index in [4.69, 9.17) is 9.47 Å². The van der Waals surface area contributed by atoms with E-state index in [2.05, 4.69) is 11.8 Å². The molecule has 0 spiro atoms. The van der Waals surface area contributed by atoms with Gasteiger partial charge >= 0.3 is 6.09 Å². The van der Waals surface area contributed by atoms with Crippen molar-refractivity contribution in [2.45, 2.75) is 13.0 Å². The molecule has 4 heteroatoms. The summed E-state index contributed by atoms with van der Waals surface area (Å²) in [6.07, 6.45) is 3.44. The standard InChI is InChI=1S/C21H19NO3/c1-3-25-21(23)22-18(11-9-16-7-5-4-6-8-16)12-10-17-15-19(24-2)13-14-20(17)22/h4-8,10,12-15,18H,3H2,1-2H3. The third kappa shape index (κ3) is 3.67. The lowest BCUT2D eigenvalue weighted by molar-refractivity contribution is 0.159. The number of methoxy groups -OCH3 is 1. The van der Waals surface area contributed by atoms with E-state index in [1.807, 2.05) is 60.7 Å². The molecule has 4 nitrogen and oxygen atoms in total. The minimum atomic E-state index is -0.411. The second-order valence-electron chi connectivity index (χ2n) is 5.43. The number of hydrogen-bond acceptors (Lipinski definition) is 3. The number of rotatable bonds is 2. The highest BCUT2D eigenvalue weighted by atomic mass is 16.6. The molecule has 0 saturated heterocycles. The first kappa shape index (κ1) is 16.7. The molecule has 1 unspecified atom stereocenters. The van der Waals surface area contributed by atoms with E-state index in [1.165, 1.54) is 0 Å². The van der Waals surface area contributed by atoms with Gasteiger partial charge in [0.1, 0.15) is 11.8 Å². The van der Waals surface area contributed by atoms with E-state index in [0.717, 1.165) is 22.6 Å². The molecule has 2 aromatic rings. The van der Waals surface area contributed by atoms with Crippen molar-refractivity contribution < 1.29 is 14.3 Å². The Morgan fingerprint density at radius 2 is 2.00 bits per heavy atom. The Morgan fingerprint density at radius 1 is 1.20 bits per heavy atom. The molecule has 0 fully saturated rings. The predicted molar refractivity (Wildman–Crippen MR) is 98.6 cm³/mol. The maximum absolute atomic E-state index is 12.5. The monoisotopic (exact) mass is 333 g/mol. The maximum atomic E-state index is 12.5. The minimum Gasteiger partial charge on any atom is -0.497 e. The highest BCUT2D eigenvalue weighted by molar-refractivity contribution is 5.94. The van der Waals surface area contributed by atoms with Crippen molar-refractivity contribution >= 4 is 17.9 Å². The van der Waals surface area contributed by atoms with Crippen molar-refractivity contribution in [3.8, 4) is 17.6 Å². The van der Waals surface area contributed by atoms with Crippen molar-refractivity contribution in [1.29, 1.82) is 0 Å². The molecule has 0 aromatic heterocycles. The van der Waals surface area contributed by atoms with Gasteiger partial charge in [-0.15, -0.1) is 0 Å². The number of carbonyl (C=O) groups excluding carboxylic acids is 1. The molecular weight excluding hydrogens is 314 g/mol. The molecule has 2 aromatic carbocycles. The van der Waals surface area contributed by atoms with Gasteiger partial charge in [0, 0.05) is 11.1 Å². The van der Waals surface area contributed by atoms with Gasteiger partial charge in [-0.25, -0.2) is 4.79 Å². The highest BCUT2D eigenvalue weighted by Crippen LogP contribution is 2.32. The minimum absolute atomic E-state index is 0.309. The Morgan fingerprint density at radius 3 is 2.72 bits per heavy atom. The summed E-state index contributed by atoms with van der Waals surface area (Å²) in [7, 11) is 1.62. The lowest BCUT2D eigenvalue weighted by Gasteiger charge is -2.30. The molecule has 1 aliphatic rings. The van der Waals surface area contributed by atoms with E-state index in [0.29, 0.717) is 6.61 Å². The van der Waals surface area contributed by atoms with Crippen LogP contribution in [-0.4, -0.2) is 25.9 Å². The van der Waals surface area contributed by atoms with Crippen LogP contribution in [0.2, 0.25) is 0 Å². The maximum Gasteiger partial charge on any atom is 0.415 e. The SMILES string of the molecule is CCOC(=O)N1c2ccc(OC)cc2C=CC1C#Cc1ccccc1. The first-order chi connectivity index (χ1) is 12.2. The molecule has 0 radical (unpaired) electrons. The van der Waals surface area contributed by atoms with Gasteiger partial charge in [0.15, 0.2) is 0 Å². The van der Waals surface area contributed by atoms with Gasteiger partial charge in [0.2, 0.25) is 0 Å². The zero-order valence-corrected chi connectivity index (χ0v) is 14.2. The Bertz CT molecular complexity index is 846. The lowest BCUT2D eigenvalue weighted by atomic mass is 10.0. The molecule has 1 heterocycles. The number of amides is 1. The fourth-order valence-corrected chi connectivity index (χ4v) is 2.64. The van der Waals surface area contributed by atoms with Gasteiger partial charge in [-0.2, -0.15) is 0 Å². The Labute approximate surface area is 147 Å². The average Bonchev–Trinajstić information content (AvgIpc) is 2.66. The predicted octanol–water partition coefficient (Wildman–Crippen LogP) is 4.11. The first-order valence-electron chi connectivity index (χ1n) is 8.11. The van der Waals surface area contributed by atoms with E-state index in [1.54, 1.807) is 18.9 Å². The summed E-state index contributed by atoms with van der Waals surface area (Å²) in [6, 6.07) is 14.9. The lowest BCUT2D eigenvalue weighted by Crippen LogP contribution is -2.41. The molecule has 1 amide bonds. The van der Waals surface area contributed by atoms with Crippen molar-refractivity contribution in [2.75, 3.05) is 18.6 Å². The van der Waals surface area contributed by atoms with Crippen LogP contribution in [0.3, 0.4) is 0 Å². The summed E-state index contributed by atoms with van der Waals surface area (Å²) in [5.41, 5.74) is 2.56. The van der Waals surface area contributed by atoms with Crippen LogP contribution < -0.4 is 9.64 Å². The highest BCUT2D eigenvalue weighted by Gasteiger charge is 2.28. The quantitative estimate of drug-likeness (QED) is 0.777. The zero-order chi connectivity index (χ0) is 17.6. The molecule has 0 N–H and O–H groups in total. The van der Waals surface area contributed by atoms with Crippen LogP contribution in [0.5, 0.6) is 5.75 Å². The van der Waals surface area contributed by atoms with Gasteiger partial charge < -0.3 is 9.47 Å². The number of fused-ring (bicyclic) bond motifs is 1. The molecule has 1 aliphatic heterocycles. The molecule has 25 heavy (non-hydrogen) atoms. The summed E-state index contributed by atoms with van der Waals surface area (Å²) in [5, 5.41) is 0. The smallest absolute Gasteiger partial charge is 0.415 e. The molecule has 126 valence electrons. The van der Waals surface area contributed by atoms with E-state index in [9.17, 15) is 4.79 Å². The number of benzene rings is 2. The molecule has 1 atom stereocenters. The first-order valence-corrected chi connectivity index (χ1v) is 8.11. The second kappa shape index (κ2) is 7.59. The summed E-state index contributed by atoms with van der Waals surface area (Å²) >= 11 is 0. The molecule has 0 bridgehead atoms. The van der Waals surface area contributed by atoms with Crippen LogP contribution in [0.4, 0.5) is 10.5 Å². The molecule has 0 aliphatic carbocycles. The number of anilines is 1. The van der Waals surface area contributed by atoms with Gasteiger partial charge in [-0.3, -0.25) is 4.90 Å². The fourth-order valence-electron chi connectivity index (χ4n) is 2.64. The number of ether oxygens (including phenoxy) is 2. The summed E-state index contributed by atoms with van der Waals surface area (Å²) in [4.78, 5) is 14.1. The molecule has 3 rings (SSSR count). The number of nitrogens with zero attached hydrogens (tertiary/aromatic N) is 1. The van der Waals surface area contributed by atoms with Crippen molar-refractivity contribution in [1.82, 2.24) is 0 Å². The van der Waals surface area contributed by atoms with Crippen LogP contribution in [0.1, 0.15) is 18.1 Å². The normalized spacial score (nSPS) is 15.0. The van der Waals surface area contributed by atoms with Gasteiger partial charge in [-0.05, 0) is 43.3 Å². The van der Waals surface area contributed by atoms with Gasteiger partial charge in [-0.1, -0.05) is 36.1 Å². The van der Waals surface area contributed by atoms with Gasteiger partial charge in [0.25, 0.3) is 0 Å². The Kier molecular flexibility index (Phi) is 5.06. The third-order valence-corrected chi connectivity index (χ3v) is 3.83. The van der Waals surface area contributed by atoms with Crippen LogP contribution in [-0.2, 0) is 4.74 Å². The average molecular weight is 333 g/mol. The number of carbonyl (C=O) groups is 1. The van der Waals surface area contributed by atoms with Crippen LogP contribution in [0.15, 0.2) is 54.6 Å². The number of hydrogen-bond donors (Lipinski definition) is 0. The van der Waals surface area contributed by atoms with Crippen LogP contribution >= 0.6 is 0 Å². The largest absolute Gasteiger partial charge is 0.497 e. The third-order valence-electron chi connectivity index (χ3n) is 3.83. The van der Waals surface area contributed by atoms with Crippen molar-refractivity contribution in [3.63, 3.8) is 0 Å². The second-order valence-corrected chi connectivity index (χ2v) is 5.43. The molecular formula is C21H19NO3. The van der Waals surface area contributed by atoms with E-state index in [-0.39, 0.29) is 6.04 Å². The topological polar surface area (TPSA) is 38.8 Å². The molecule has 0 saturated carbocycles. The van der Waals surface area contributed by atoms with Gasteiger partial charge in [0.05, 0.1) is 19.4 Å². The Hall–Kier alpha value is -3.19. The van der Waals surface area contributed by atoms with Crippen molar-refractivity contribution in [2.24, 2.45) is 0 Å². The Balaban J connectivity index is 1.98. The zero-order valence-electron chi connectivity index (χ0n) is 14.2.